The fourth-order valence-corrected chi connectivity index (χ4v) is 3.19. The molecular weight excluding hydrogens is 264 g/mol. The van der Waals surface area contributed by atoms with E-state index in [9.17, 15) is 0 Å². The predicted molar refractivity (Wildman–Crippen MR) is 88.4 cm³/mol. The fraction of sp³-hybridized carbons (Fsp3) is 0.647. The van der Waals surface area contributed by atoms with E-state index in [2.05, 4.69) is 18.7 Å². The molecule has 1 fully saturated rings. The van der Waals surface area contributed by atoms with Gasteiger partial charge in [-0.15, -0.1) is 0 Å². The average Bonchev–Trinajstić information content (AvgIpc) is 2.98. The van der Waals surface area contributed by atoms with Crippen LogP contribution in [0.4, 0.5) is 11.4 Å². The van der Waals surface area contributed by atoms with Crippen molar-refractivity contribution < 1.29 is 9.47 Å². The highest BCUT2D eigenvalue weighted by atomic mass is 16.5. The number of benzene rings is 1. The molecule has 4 heteroatoms. The summed E-state index contributed by atoms with van der Waals surface area (Å²) in [6.07, 6.45) is 5.12. The summed E-state index contributed by atoms with van der Waals surface area (Å²) in [5.74, 6) is 2.03. The van der Waals surface area contributed by atoms with Crippen LogP contribution in [0.25, 0.3) is 0 Å². The highest BCUT2D eigenvalue weighted by Crippen LogP contribution is 2.39. The van der Waals surface area contributed by atoms with Gasteiger partial charge < -0.3 is 20.1 Å². The number of methoxy groups -OCH3 is 2. The van der Waals surface area contributed by atoms with Crippen LogP contribution in [0.15, 0.2) is 12.1 Å². The Morgan fingerprint density at radius 1 is 1.14 bits per heavy atom. The van der Waals surface area contributed by atoms with Crippen molar-refractivity contribution in [2.45, 2.75) is 45.6 Å². The van der Waals surface area contributed by atoms with Gasteiger partial charge in [-0.25, -0.2) is 0 Å². The highest BCUT2D eigenvalue weighted by Gasteiger charge is 2.26. The maximum Gasteiger partial charge on any atom is 0.162 e. The molecule has 0 aliphatic heterocycles. The molecule has 0 atom stereocenters. The second-order valence-corrected chi connectivity index (χ2v) is 6.25. The molecule has 0 bridgehead atoms. The molecule has 0 heterocycles. The maximum absolute atomic E-state index is 6.29. The minimum atomic E-state index is 0.591. The summed E-state index contributed by atoms with van der Waals surface area (Å²) >= 11 is 0. The summed E-state index contributed by atoms with van der Waals surface area (Å²) in [4.78, 5) is 2.47. The van der Waals surface area contributed by atoms with Crippen LogP contribution < -0.4 is 20.1 Å². The Balaban J connectivity index is 2.38. The lowest BCUT2D eigenvalue weighted by Crippen LogP contribution is -2.36. The number of nitrogens with two attached hydrogens (primary N) is 1. The van der Waals surface area contributed by atoms with E-state index in [1.165, 1.54) is 25.7 Å². The molecule has 1 aliphatic rings. The maximum atomic E-state index is 6.29. The first kappa shape index (κ1) is 15.8. The van der Waals surface area contributed by atoms with Gasteiger partial charge in [0.05, 0.1) is 25.6 Å². The van der Waals surface area contributed by atoms with Crippen molar-refractivity contribution in [1.82, 2.24) is 0 Å². The molecular formula is C17H28N2O2. The van der Waals surface area contributed by atoms with E-state index < -0.39 is 0 Å². The molecule has 21 heavy (non-hydrogen) atoms. The Morgan fingerprint density at radius 2 is 1.71 bits per heavy atom. The summed E-state index contributed by atoms with van der Waals surface area (Å²) in [6, 6.07) is 4.48. The van der Waals surface area contributed by atoms with E-state index in [0.717, 1.165) is 23.7 Å². The molecule has 1 saturated carbocycles. The van der Waals surface area contributed by atoms with Gasteiger partial charge in [-0.2, -0.15) is 0 Å². The van der Waals surface area contributed by atoms with E-state index >= 15 is 0 Å². The summed E-state index contributed by atoms with van der Waals surface area (Å²) in [5, 5.41) is 0. The Kier molecular flexibility index (Phi) is 5.21. The molecule has 0 saturated heterocycles. The van der Waals surface area contributed by atoms with E-state index in [1.807, 2.05) is 12.1 Å². The predicted octanol–water partition coefficient (Wildman–Crippen LogP) is 3.69. The lowest BCUT2D eigenvalue weighted by molar-refractivity contribution is 0.355. The van der Waals surface area contributed by atoms with E-state index in [-0.39, 0.29) is 0 Å². The number of anilines is 2. The number of hydrogen-bond donors (Lipinski definition) is 1. The normalized spacial score (nSPS) is 15.5. The largest absolute Gasteiger partial charge is 0.493 e. The molecule has 1 aliphatic carbocycles. The third kappa shape index (κ3) is 3.55. The molecule has 4 nitrogen and oxygen atoms in total. The smallest absolute Gasteiger partial charge is 0.162 e. The van der Waals surface area contributed by atoms with Crippen molar-refractivity contribution in [2.24, 2.45) is 5.92 Å². The van der Waals surface area contributed by atoms with Crippen LogP contribution in [0.5, 0.6) is 11.5 Å². The first-order chi connectivity index (χ1) is 10.1. The Labute approximate surface area is 128 Å². The van der Waals surface area contributed by atoms with Crippen molar-refractivity contribution in [3.8, 4) is 11.5 Å². The molecule has 0 unspecified atom stereocenters. The van der Waals surface area contributed by atoms with E-state index in [4.69, 9.17) is 15.2 Å². The van der Waals surface area contributed by atoms with Crippen molar-refractivity contribution in [1.29, 1.82) is 0 Å². The molecule has 1 aromatic rings. The SMILES string of the molecule is COc1cc(N)c(N(CC(C)C)C2CCCC2)cc1OC. The van der Waals surface area contributed by atoms with Crippen LogP contribution in [0.1, 0.15) is 39.5 Å². The molecule has 118 valence electrons. The van der Waals surface area contributed by atoms with Gasteiger partial charge in [0.2, 0.25) is 0 Å². The number of hydrogen-bond acceptors (Lipinski definition) is 4. The van der Waals surface area contributed by atoms with Crippen LogP contribution in [0.2, 0.25) is 0 Å². The summed E-state index contributed by atoms with van der Waals surface area (Å²) < 4.78 is 10.8. The Morgan fingerprint density at radius 3 is 2.24 bits per heavy atom. The van der Waals surface area contributed by atoms with Crippen LogP contribution in [0, 0.1) is 5.92 Å². The van der Waals surface area contributed by atoms with Crippen molar-refractivity contribution in [2.75, 3.05) is 31.4 Å². The fourth-order valence-electron chi connectivity index (χ4n) is 3.19. The lowest BCUT2D eigenvalue weighted by atomic mass is 10.1. The molecule has 0 aromatic heterocycles. The third-order valence-electron chi connectivity index (χ3n) is 4.17. The van der Waals surface area contributed by atoms with Gasteiger partial charge in [-0.05, 0) is 18.8 Å². The van der Waals surface area contributed by atoms with Crippen LogP contribution >= 0.6 is 0 Å². The third-order valence-corrected chi connectivity index (χ3v) is 4.17. The van der Waals surface area contributed by atoms with E-state index in [0.29, 0.717) is 17.7 Å². The van der Waals surface area contributed by atoms with Gasteiger partial charge in [0.15, 0.2) is 11.5 Å². The van der Waals surface area contributed by atoms with Gasteiger partial charge in [0.25, 0.3) is 0 Å². The lowest BCUT2D eigenvalue weighted by Gasteiger charge is -2.34. The summed E-state index contributed by atoms with van der Waals surface area (Å²) in [6.45, 7) is 5.52. The summed E-state index contributed by atoms with van der Waals surface area (Å²) in [5.41, 5.74) is 8.13. The van der Waals surface area contributed by atoms with Gasteiger partial charge in [-0.1, -0.05) is 26.7 Å². The highest BCUT2D eigenvalue weighted by molar-refractivity contribution is 5.73. The van der Waals surface area contributed by atoms with Gasteiger partial charge in [0.1, 0.15) is 0 Å². The number of ether oxygens (including phenoxy) is 2. The zero-order valence-electron chi connectivity index (χ0n) is 13.7. The van der Waals surface area contributed by atoms with E-state index in [1.54, 1.807) is 14.2 Å². The second-order valence-electron chi connectivity index (χ2n) is 6.25. The second kappa shape index (κ2) is 6.92. The van der Waals surface area contributed by atoms with Crippen LogP contribution in [0.3, 0.4) is 0 Å². The zero-order valence-corrected chi connectivity index (χ0v) is 13.7. The molecule has 0 amide bonds. The number of rotatable bonds is 6. The molecule has 1 aromatic carbocycles. The minimum absolute atomic E-state index is 0.591. The molecule has 2 N–H and O–H groups in total. The van der Waals surface area contributed by atoms with Gasteiger partial charge in [-0.3, -0.25) is 0 Å². The van der Waals surface area contributed by atoms with Crippen LogP contribution in [-0.2, 0) is 0 Å². The summed E-state index contributed by atoms with van der Waals surface area (Å²) in [7, 11) is 3.31. The molecule has 0 spiro atoms. The topological polar surface area (TPSA) is 47.7 Å². The monoisotopic (exact) mass is 292 g/mol. The zero-order chi connectivity index (χ0) is 15.4. The minimum Gasteiger partial charge on any atom is -0.493 e. The Bertz CT molecular complexity index is 468. The van der Waals surface area contributed by atoms with Gasteiger partial charge >= 0.3 is 0 Å². The van der Waals surface area contributed by atoms with Crippen molar-refractivity contribution >= 4 is 11.4 Å². The average molecular weight is 292 g/mol. The Hall–Kier alpha value is -1.58. The van der Waals surface area contributed by atoms with Gasteiger partial charge in [0, 0.05) is 24.7 Å². The van der Waals surface area contributed by atoms with Crippen molar-refractivity contribution in [3.63, 3.8) is 0 Å². The quantitative estimate of drug-likeness (QED) is 0.812. The first-order valence-corrected chi connectivity index (χ1v) is 7.85. The standard InChI is InChI=1S/C17H28N2O2/c1-12(2)11-19(13-7-5-6-8-13)15-10-17(21-4)16(20-3)9-14(15)18/h9-10,12-13H,5-8,11,18H2,1-4H3. The van der Waals surface area contributed by atoms with Crippen LogP contribution in [-0.4, -0.2) is 26.8 Å². The number of nitrogens with zero attached hydrogens (tertiary/aromatic N) is 1. The van der Waals surface area contributed by atoms with Crippen molar-refractivity contribution in [3.05, 3.63) is 12.1 Å². The first-order valence-electron chi connectivity index (χ1n) is 7.85. The molecule has 0 radical (unpaired) electrons. The molecule has 2 rings (SSSR count). The number of nitrogen functional groups attached to an aromatic ring is 1.